The van der Waals surface area contributed by atoms with Crippen LogP contribution in [0.3, 0.4) is 0 Å². The molecule has 0 unspecified atom stereocenters. The van der Waals surface area contributed by atoms with Gasteiger partial charge in [-0.25, -0.2) is 4.39 Å². The van der Waals surface area contributed by atoms with Crippen LogP contribution in [0.1, 0.15) is 12.8 Å². The zero-order valence-electron chi connectivity index (χ0n) is 11.0. The van der Waals surface area contributed by atoms with Crippen LogP contribution in [0.15, 0.2) is 12.1 Å². The van der Waals surface area contributed by atoms with Gasteiger partial charge in [-0.2, -0.15) is 0 Å². The maximum absolute atomic E-state index is 13.4. The molecule has 0 atom stereocenters. The molecule has 0 aliphatic heterocycles. The summed E-state index contributed by atoms with van der Waals surface area (Å²) in [5, 5.41) is 3.13. The van der Waals surface area contributed by atoms with Gasteiger partial charge >= 0.3 is 0 Å². The summed E-state index contributed by atoms with van der Waals surface area (Å²) in [4.78, 5) is 0. The Labute approximate surface area is 127 Å². The highest BCUT2D eigenvalue weighted by molar-refractivity contribution is 14.1. The fraction of sp³-hybridized carbons (Fsp3) is 0.538. The van der Waals surface area contributed by atoms with E-state index in [1.807, 2.05) is 22.6 Å². The number of methoxy groups -OCH3 is 1. The molecule has 0 aromatic heterocycles. The Hall–Kier alpha value is -0.600. The lowest BCUT2D eigenvalue weighted by molar-refractivity contribution is 0.0691. The largest absolute Gasteiger partial charge is 0.397 e. The van der Waals surface area contributed by atoms with E-state index in [1.54, 1.807) is 13.2 Å². The minimum absolute atomic E-state index is 0.250. The van der Waals surface area contributed by atoms with Gasteiger partial charge in [0.1, 0.15) is 5.82 Å². The first-order valence-electron chi connectivity index (χ1n) is 6.20. The Morgan fingerprint density at radius 1 is 1.26 bits per heavy atom. The third kappa shape index (κ3) is 6.40. The van der Waals surface area contributed by atoms with E-state index in [-0.39, 0.29) is 5.82 Å². The molecule has 1 aromatic rings. The number of rotatable bonds is 9. The third-order valence-corrected chi connectivity index (χ3v) is 3.38. The predicted molar refractivity (Wildman–Crippen MR) is 83.9 cm³/mol. The van der Waals surface area contributed by atoms with E-state index < -0.39 is 0 Å². The number of hydrogen-bond acceptors (Lipinski definition) is 4. The molecular weight excluding hydrogens is 362 g/mol. The maximum Gasteiger partial charge on any atom is 0.138 e. The number of nitrogen functional groups attached to an aromatic ring is 1. The monoisotopic (exact) mass is 382 g/mol. The maximum atomic E-state index is 13.4. The fourth-order valence-corrected chi connectivity index (χ4v) is 2.00. The summed E-state index contributed by atoms with van der Waals surface area (Å²) in [5.41, 5.74) is 7.04. The molecule has 0 spiro atoms. The van der Waals surface area contributed by atoms with Gasteiger partial charge in [0.2, 0.25) is 0 Å². The molecule has 0 radical (unpaired) electrons. The lowest BCUT2D eigenvalue weighted by Gasteiger charge is -2.10. The van der Waals surface area contributed by atoms with Crippen molar-refractivity contribution in [3.8, 4) is 0 Å². The van der Waals surface area contributed by atoms with E-state index in [9.17, 15) is 4.39 Å². The zero-order valence-corrected chi connectivity index (χ0v) is 13.2. The highest BCUT2D eigenvalue weighted by atomic mass is 127. The number of nitrogens with two attached hydrogens (primary N) is 1. The third-order valence-electron chi connectivity index (χ3n) is 2.56. The highest BCUT2D eigenvalue weighted by Gasteiger charge is 2.05. The summed E-state index contributed by atoms with van der Waals surface area (Å²) in [6, 6.07) is 3.07. The van der Waals surface area contributed by atoms with E-state index in [1.165, 1.54) is 6.07 Å². The van der Waals surface area contributed by atoms with Crippen molar-refractivity contribution in [2.75, 3.05) is 44.5 Å². The summed E-state index contributed by atoms with van der Waals surface area (Å²) in [6.07, 6.45) is 1.89. The second kappa shape index (κ2) is 9.33. The Bertz CT molecular complexity index is 391. The summed E-state index contributed by atoms with van der Waals surface area (Å²) in [7, 11) is 1.65. The number of unbranched alkanes of at least 4 members (excludes halogenated alkanes) is 1. The Kier molecular flexibility index (Phi) is 8.08. The summed E-state index contributed by atoms with van der Waals surface area (Å²) in [6.45, 7) is 2.70. The van der Waals surface area contributed by atoms with Gasteiger partial charge in [0.05, 0.1) is 28.2 Å². The minimum atomic E-state index is -0.250. The zero-order chi connectivity index (χ0) is 14.1. The lowest BCUT2D eigenvalue weighted by atomic mass is 10.2. The average molecular weight is 382 g/mol. The fourth-order valence-electron chi connectivity index (χ4n) is 1.51. The molecule has 19 heavy (non-hydrogen) atoms. The van der Waals surface area contributed by atoms with Crippen LogP contribution in [0.25, 0.3) is 0 Å². The van der Waals surface area contributed by atoms with E-state index in [0.717, 1.165) is 19.4 Å². The molecule has 4 nitrogen and oxygen atoms in total. The second-order valence-electron chi connectivity index (χ2n) is 4.09. The van der Waals surface area contributed by atoms with Crippen molar-refractivity contribution in [3.05, 3.63) is 21.5 Å². The van der Waals surface area contributed by atoms with Crippen molar-refractivity contribution >= 4 is 34.0 Å². The first-order valence-corrected chi connectivity index (χ1v) is 7.28. The van der Waals surface area contributed by atoms with E-state index in [4.69, 9.17) is 15.2 Å². The molecule has 1 rings (SSSR count). The van der Waals surface area contributed by atoms with Gasteiger partial charge in [0, 0.05) is 26.3 Å². The number of hydrogen-bond donors (Lipinski definition) is 2. The molecule has 0 aliphatic carbocycles. The number of anilines is 2. The van der Waals surface area contributed by atoms with Crippen LogP contribution < -0.4 is 11.1 Å². The minimum Gasteiger partial charge on any atom is -0.397 e. The number of benzene rings is 1. The SMILES string of the molecule is COCCOCCCCNc1cc(F)c(I)cc1N. The lowest BCUT2D eigenvalue weighted by Crippen LogP contribution is -2.07. The van der Waals surface area contributed by atoms with Crippen LogP contribution in [0.4, 0.5) is 15.8 Å². The van der Waals surface area contributed by atoms with Crippen molar-refractivity contribution in [1.29, 1.82) is 0 Å². The number of nitrogens with one attached hydrogen (secondary N) is 1. The number of halogens is 2. The molecule has 0 aliphatic rings. The van der Waals surface area contributed by atoms with Gasteiger partial charge in [-0.3, -0.25) is 0 Å². The molecule has 0 bridgehead atoms. The molecule has 0 heterocycles. The number of ether oxygens (including phenoxy) is 2. The summed E-state index contributed by atoms with van der Waals surface area (Å²) < 4.78 is 24.1. The topological polar surface area (TPSA) is 56.5 Å². The molecule has 0 saturated carbocycles. The van der Waals surface area contributed by atoms with E-state index in [0.29, 0.717) is 34.8 Å². The molecule has 1 aromatic carbocycles. The first kappa shape index (κ1) is 16.5. The Morgan fingerprint density at radius 3 is 2.79 bits per heavy atom. The van der Waals surface area contributed by atoms with Crippen molar-refractivity contribution in [2.24, 2.45) is 0 Å². The second-order valence-corrected chi connectivity index (χ2v) is 5.25. The molecule has 108 valence electrons. The van der Waals surface area contributed by atoms with Crippen molar-refractivity contribution in [2.45, 2.75) is 12.8 Å². The van der Waals surface area contributed by atoms with Crippen LogP contribution in [-0.2, 0) is 9.47 Å². The standard InChI is InChI=1S/C13H20FIN2O2/c1-18-6-7-19-5-3-2-4-17-13-8-10(14)11(15)9-12(13)16/h8-9,17H,2-7,16H2,1H3. The van der Waals surface area contributed by atoms with Crippen molar-refractivity contribution < 1.29 is 13.9 Å². The van der Waals surface area contributed by atoms with Gasteiger partial charge < -0.3 is 20.5 Å². The van der Waals surface area contributed by atoms with Crippen LogP contribution >= 0.6 is 22.6 Å². The average Bonchev–Trinajstić information content (AvgIpc) is 2.38. The van der Waals surface area contributed by atoms with Crippen LogP contribution in [0.2, 0.25) is 0 Å². The molecule has 0 saturated heterocycles. The predicted octanol–water partition coefficient (Wildman–Crippen LogP) is 2.87. The van der Waals surface area contributed by atoms with Gasteiger partial charge in [-0.05, 0) is 41.5 Å². The van der Waals surface area contributed by atoms with Crippen LogP contribution in [0.5, 0.6) is 0 Å². The van der Waals surface area contributed by atoms with E-state index in [2.05, 4.69) is 5.32 Å². The van der Waals surface area contributed by atoms with Gasteiger partial charge in [0.25, 0.3) is 0 Å². The smallest absolute Gasteiger partial charge is 0.138 e. The quantitative estimate of drug-likeness (QED) is 0.392. The first-order chi connectivity index (χ1) is 9.15. The highest BCUT2D eigenvalue weighted by Crippen LogP contribution is 2.23. The van der Waals surface area contributed by atoms with Gasteiger partial charge in [0.15, 0.2) is 0 Å². The van der Waals surface area contributed by atoms with Crippen LogP contribution in [-0.4, -0.2) is 33.5 Å². The molecule has 0 fully saturated rings. The molecule has 0 amide bonds. The molecule has 6 heteroatoms. The van der Waals surface area contributed by atoms with Gasteiger partial charge in [-0.15, -0.1) is 0 Å². The Morgan fingerprint density at radius 2 is 2.05 bits per heavy atom. The molecular formula is C13H20FIN2O2. The molecule has 3 N–H and O–H groups in total. The van der Waals surface area contributed by atoms with Crippen LogP contribution in [0, 0.1) is 9.39 Å². The Balaban J connectivity index is 2.17. The van der Waals surface area contributed by atoms with Crippen molar-refractivity contribution in [1.82, 2.24) is 0 Å². The normalized spacial score (nSPS) is 10.7. The van der Waals surface area contributed by atoms with Crippen molar-refractivity contribution in [3.63, 3.8) is 0 Å². The summed E-state index contributed by atoms with van der Waals surface area (Å²) in [5.74, 6) is -0.250. The van der Waals surface area contributed by atoms with Gasteiger partial charge in [-0.1, -0.05) is 0 Å². The summed E-state index contributed by atoms with van der Waals surface area (Å²) >= 11 is 1.92. The van der Waals surface area contributed by atoms with E-state index >= 15 is 0 Å².